The van der Waals surface area contributed by atoms with Gasteiger partial charge in [-0.15, -0.1) is 0 Å². The lowest BCUT2D eigenvalue weighted by Crippen LogP contribution is -2.27. The number of hydrogen-bond donors (Lipinski definition) is 1. The lowest BCUT2D eigenvalue weighted by molar-refractivity contribution is 0.101. The number of rotatable bonds is 4. The minimum absolute atomic E-state index is 0.163. The smallest absolute Gasteiger partial charge is 0.274 e. The Bertz CT molecular complexity index is 1360. The fourth-order valence-electron chi connectivity index (χ4n) is 3.61. The Balaban J connectivity index is 1.71. The van der Waals surface area contributed by atoms with Crippen molar-refractivity contribution >= 4 is 22.5 Å². The fraction of sp³-hybridized carbons (Fsp3) is 0.240. The summed E-state index contributed by atoms with van der Waals surface area (Å²) in [5.41, 5.74) is 2.00. The number of aryl methyl sites for hydroxylation is 2. The van der Waals surface area contributed by atoms with Crippen LogP contribution in [0.1, 0.15) is 36.8 Å². The number of nitrogens with one attached hydrogen (secondary N) is 1. The van der Waals surface area contributed by atoms with Crippen molar-refractivity contribution in [2.24, 2.45) is 14.1 Å². The lowest BCUT2D eigenvalue weighted by Gasteiger charge is -2.21. The first-order valence-electron chi connectivity index (χ1n) is 10.3. The summed E-state index contributed by atoms with van der Waals surface area (Å²) in [5, 5.41) is 3.67. The van der Waals surface area contributed by atoms with E-state index in [-0.39, 0.29) is 22.6 Å². The number of carbonyl (C=O) groups is 1. The van der Waals surface area contributed by atoms with E-state index in [1.54, 1.807) is 61.5 Å². The van der Waals surface area contributed by atoms with Crippen molar-refractivity contribution in [1.29, 1.82) is 0 Å². The molecule has 1 aromatic carbocycles. The number of carbonyl (C=O) groups excluding carboxylic acids is 1. The molecule has 4 aromatic rings. The first-order valence-corrected chi connectivity index (χ1v) is 10.3. The predicted octanol–water partition coefficient (Wildman–Crippen LogP) is 4.61. The second kappa shape index (κ2) is 8.00. The molecule has 7 heteroatoms. The minimum atomic E-state index is -0.360. The number of benzene rings is 1. The van der Waals surface area contributed by atoms with Crippen molar-refractivity contribution in [2.75, 3.05) is 5.32 Å². The number of para-hydroxylation sites is 1. The molecule has 0 saturated heterocycles. The van der Waals surface area contributed by atoms with Gasteiger partial charge < -0.3 is 19.2 Å². The number of ether oxygens (including phenoxy) is 1. The van der Waals surface area contributed by atoms with Crippen molar-refractivity contribution in [3.8, 4) is 11.5 Å². The SMILES string of the molecule is Cn1cc(C(C)(C)C)cc(NC(=O)c2cc3cccc(Oc4ccncc4)c3n2C)c1=O. The van der Waals surface area contributed by atoms with Gasteiger partial charge in [-0.3, -0.25) is 14.6 Å². The van der Waals surface area contributed by atoms with Crippen molar-refractivity contribution in [3.63, 3.8) is 0 Å². The van der Waals surface area contributed by atoms with E-state index in [0.29, 0.717) is 17.2 Å². The molecular weight excluding hydrogens is 404 g/mol. The third-order valence-electron chi connectivity index (χ3n) is 5.43. The summed E-state index contributed by atoms with van der Waals surface area (Å²) in [6.07, 6.45) is 5.12. The van der Waals surface area contributed by atoms with Crippen LogP contribution in [0.3, 0.4) is 0 Å². The molecule has 7 nitrogen and oxygen atoms in total. The Morgan fingerprint density at radius 3 is 2.47 bits per heavy atom. The highest BCUT2D eigenvalue weighted by atomic mass is 16.5. The Labute approximate surface area is 186 Å². The van der Waals surface area contributed by atoms with Gasteiger partial charge in [-0.1, -0.05) is 32.9 Å². The number of aromatic nitrogens is 3. The zero-order chi connectivity index (χ0) is 23.0. The Hall–Kier alpha value is -3.87. The van der Waals surface area contributed by atoms with Crippen LogP contribution in [-0.4, -0.2) is 20.0 Å². The van der Waals surface area contributed by atoms with E-state index in [4.69, 9.17) is 4.74 Å². The van der Waals surface area contributed by atoms with Crippen LogP contribution < -0.4 is 15.6 Å². The first kappa shape index (κ1) is 21.4. The molecule has 3 heterocycles. The number of fused-ring (bicyclic) bond motifs is 1. The maximum absolute atomic E-state index is 13.2. The van der Waals surface area contributed by atoms with Gasteiger partial charge in [-0.2, -0.15) is 0 Å². The summed E-state index contributed by atoms with van der Waals surface area (Å²) in [4.78, 5) is 29.8. The van der Waals surface area contributed by atoms with Crippen LogP contribution in [0.15, 0.2) is 65.8 Å². The molecule has 0 bridgehead atoms. The molecule has 1 amide bonds. The molecular formula is C25H26N4O3. The van der Waals surface area contributed by atoms with E-state index in [0.717, 1.165) is 16.5 Å². The standard InChI is InChI=1S/C25H26N4O3/c1-25(2,3)17-14-19(24(31)28(4)15-17)27-23(30)20-13-16-7-6-8-21(22(16)29(20)5)32-18-9-11-26-12-10-18/h6-15H,1-5H3,(H,27,30). The van der Waals surface area contributed by atoms with Gasteiger partial charge in [0.2, 0.25) is 0 Å². The summed E-state index contributed by atoms with van der Waals surface area (Å²) < 4.78 is 9.30. The predicted molar refractivity (Wildman–Crippen MR) is 126 cm³/mol. The quantitative estimate of drug-likeness (QED) is 0.513. The molecule has 0 fully saturated rings. The second-order valence-corrected chi connectivity index (χ2v) is 8.83. The normalized spacial score (nSPS) is 11.5. The number of pyridine rings is 2. The van der Waals surface area contributed by atoms with E-state index < -0.39 is 0 Å². The third kappa shape index (κ3) is 4.01. The topological polar surface area (TPSA) is 78.2 Å². The highest BCUT2D eigenvalue weighted by Crippen LogP contribution is 2.32. The molecule has 0 aliphatic heterocycles. The van der Waals surface area contributed by atoms with Crippen LogP contribution in [0.25, 0.3) is 10.9 Å². The van der Waals surface area contributed by atoms with E-state index in [9.17, 15) is 9.59 Å². The summed E-state index contributed by atoms with van der Waals surface area (Å²) in [5.74, 6) is 0.921. The number of hydrogen-bond acceptors (Lipinski definition) is 4. The maximum Gasteiger partial charge on any atom is 0.274 e. The fourth-order valence-corrected chi connectivity index (χ4v) is 3.61. The number of nitrogens with zero attached hydrogens (tertiary/aromatic N) is 3. The highest BCUT2D eigenvalue weighted by molar-refractivity contribution is 6.07. The van der Waals surface area contributed by atoms with Crippen molar-refractivity contribution in [2.45, 2.75) is 26.2 Å². The zero-order valence-corrected chi connectivity index (χ0v) is 18.8. The molecule has 0 radical (unpaired) electrons. The summed E-state index contributed by atoms with van der Waals surface area (Å²) in [7, 11) is 3.49. The molecule has 32 heavy (non-hydrogen) atoms. The molecule has 0 spiro atoms. The van der Waals surface area contributed by atoms with Gasteiger partial charge >= 0.3 is 0 Å². The molecule has 0 aliphatic rings. The van der Waals surface area contributed by atoms with Crippen LogP contribution >= 0.6 is 0 Å². The van der Waals surface area contributed by atoms with Crippen molar-refractivity contribution in [1.82, 2.24) is 14.1 Å². The molecule has 1 N–H and O–H groups in total. The zero-order valence-electron chi connectivity index (χ0n) is 18.8. The minimum Gasteiger partial charge on any atom is -0.455 e. The first-order chi connectivity index (χ1) is 15.1. The third-order valence-corrected chi connectivity index (χ3v) is 5.43. The number of amides is 1. The molecule has 4 rings (SSSR count). The van der Waals surface area contributed by atoms with Gasteiger partial charge in [0.05, 0.1) is 5.52 Å². The molecule has 0 atom stereocenters. The van der Waals surface area contributed by atoms with Crippen LogP contribution in [-0.2, 0) is 19.5 Å². The monoisotopic (exact) mass is 430 g/mol. The Kier molecular flexibility index (Phi) is 5.34. The average Bonchev–Trinajstić information content (AvgIpc) is 3.09. The van der Waals surface area contributed by atoms with Gasteiger partial charge in [0, 0.05) is 38.1 Å². The van der Waals surface area contributed by atoms with Crippen molar-refractivity contribution in [3.05, 3.63) is 82.7 Å². The molecule has 3 aromatic heterocycles. The van der Waals surface area contributed by atoms with Crippen LogP contribution in [0, 0.1) is 0 Å². The van der Waals surface area contributed by atoms with E-state index in [2.05, 4.69) is 31.1 Å². The summed E-state index contributed by atoms with van der Waals surface area (Å²) in [6.45, 7) is 6.19. The summed E-state index contributed by atoms with van der Waals surface area (Å²) in [6, 6.07) is 12.7. The Morgan fingerprint density at radius 2 is 1.78 bits per heavy atom. The maximum atomic E-state index is 13.2. The Morgan fingerprint density at radius 1 is 1.06 bits per heavy atom. The molecule has 164 valence electrons. The average molecular weight is 431 g/mol. The second-order valence-electron chi connectivity index (χ2n) is 8.83. The van der Waals surface area contributed by atoms with Crippen LogP contribution in [0.4, 0.5) is 5.69 Å². The van der Waals surface area contributed by atoms with Gasteiger partial charge in [0.15, 0.2) is 5.75 Å². The lowest BCUT2D eigenvalue weighted by atomic mass is 9.88. The highest BCUT2D eigenvalue weighted by Gasteiger charge is 2.20. The molecule has 0 aliphatic carbocycles. The largest absolute Gasteiger partial charge is 0.455 e. The van der Waals surface area contributed by atoms with E-state index in [1.165, 1.54) is 4.57 Å². The van der Waals surface area contributed by atoms with Gasteiger partial charge in [-0.25, -0.2) is 0 Å². The molecule has 0 saturated carbocycles. The van der Waals surface area contributed by atoms with E-state index >= 15 is 0 Å². The van der Waals surface area contributed by atoms with Gasteiger partial charge in [-0.05, 0) is 41.3 Å². The van der Waals surface area contributed by atoms with Gasteiger partial charge in [0.25, 0.3) is 11.5 Å². The van der Waals surface area contributed by atoms with Crippen molar-refractivity contribution < 1.29 is 9.53 Å². The van der Waals surface area contributed by atoms with Gasteiger partial charge in [0.1, 0.15) is 17.1 Å². The number of anilines is 1. The van der Waals surface area contributed by atoms with E-state index in [1.807, 2.05) is 18.2 Å². The molecule has 0 unspecified atom stereocenters. The van der Waals surface area contributed by atoms with Crippen LogP contribution in [0.2, 0.25) is 0 Å². The summed E-state index contributed by atoms with van der Waals surface area (Å²) >= 11 is 0. The van der Waals surface area contributed by atoms with Crippen LogP contribution in [0.5, 0.6) is 11.5 Å².